The fraction of sp³-hybridized carbons (Fsp3) is 0.250. The molecule has 0 saturated carbocycles. The molecule has 4 heteroatoms. The molecule has 0 bridgehead atoms. The lowest BCUT2D eigenvalue weighted by Gasteiger charge is -2.06. The van der Waals surface area contributed by atoms with Crippen LogP contribution in [0.2, 0.25) is 0 Å². The van der Waals surface area contributed by atoms with Crippen molar-refractivity contribution >= 4 is 0 Å². The number of ether oxygens (including phenoxy) is 1. The summed E-state index contributed by atoms with van der Waals surface area (Å²) in [6.45, 7) is 0. The molecule has 0 aliphatic carbocycles. The fourth-order valence-corrected chi connectivity index (χ4v) is 0.732. The van der Waals surface area contributed by atoms with Crippen molar-refractivity contribution in [2.24, 2.45) is 0 Å². The summed E-state index contributed by atoms with van der Waals surface area (Å²) in [6, 6.07) is 5.72. The first-order valence-electron chi connectivity index (χ1n) is 3.17. The van der Waals surface area contributed by atoms with E-state index >= 15 is 0 Å². The SMILES string of the molecule is COc1[c]c(C(F)(F)F)ccc1. The van der Waals surface area contributed by atoms with Gasteiger partial charge in [0.15, 0.2) is 0 Å². The van der Waals surface area contributed by atoms with Crippen LogP contribution in [0.25, 0.3) is 0 Å². The molecule has 1 rings (SSSR count). The molecular weight excluding hydrogens is 169 g/mol. The topological polar surface area (TPSA) is 9.23 Å². The molecule has 0 saturated heterocycles. The Balaban J connectivity index is 3.02. The third-order valence-electron chi connectivity index (χ3n) is 1.29. The van der Waals surface area contributed by atoms with Gasteiger partial charge in [0.2, 0.25) is 0 Å². The van der Waals surface area contributed by atoms with E-state index in [0.717, 1.165) is 6.07 Å². The molecular formula is C8H6F3O. The standard InChI is InChI=1S/C8H6F3O/c1-12-7-4-2-3-6(5-7)8(9,10)11/h2-4H,1H3. The van der Waals surface area contributed by atoms with Crippen LogP contribution in [-0.2, 0) is 6.18 Å². The number of hydrogen-bond donors (Lipinski definition) is 0. The maximum atomic E-state index is 12.0. The highest BCUT2D eigenvalue weighted by Gasteiger charge is 2.30. The smallest absolute Gasteiger partial charge is 0.417 e. The first-order chi connectivity index (χ1) is 5.54. The van der Waals surface area contributed by atoms with Crippen LogP contribution in [0, 0.1) is 6.07 Å². The summed E-state index contributed by atoms with van der Waals surface area (Å²) < 4.78 is 40.6. The first-order valence-corrected chi connectivity index (χ1v) is 3.17. The van der Waals surface area contributed by atoms with E-state index in [1.807, 2.05) is 0 Å². The van der Waals surface area contributed by atoms with Crippen LogP contribution in [0.3, 0.4) is 0 Å². The van der Waals surface area contributed by atoms with E-state index in [1.54, 1.807) is 0 Å². The molecule has 0 N–H and O–H groups in total. The van der Waals surface area contributed by atoms with Gasteiger partial charge >= 0.3 is 6.18 Å². The van der Waals surface area contributed by atoms with Gasteiger partial charge in [0.25, 0.3) is 0 Å². The van der Waals surface area contributed by atoms with Crippen LogP contribution < -0.4 is 4.74 Å². The Kier molecular flexibility index (Phi) is 2.26. The molecule has 1 radical (unpaired) electrons. The van der Waals surface area contributed by atoms with E-state index in [0.29, 0.717) is 0 Å². The normalized spacial score (nSPS) is 11.3. The molecule has 0 amide bonds. The average molecular weight is 175 g/mol. The lowest BCUT2D eigenvalue weighted by molar-refractivity contribution is -0.137. The van der Waals surface area contributed by atoms with Gasteiger partial charge in [-0.25, -0.2) is 0 Å². The van der Waals surface area contributed by atoms with Crippen LogP contribution in [0.1, 0.15) is 5.56 Å². The molecule has 0 heterocycles. The lowest BCUT2D eigenvalue weighted by Crippen LogP contribution is -2.04. The van der Waals surface area contributed by atoms with E-state index in [-0.39, 0.29) is 5.75 Å². The van der Waals surface area contributed by atoms with Gasteiger partial charge in [-0.2, -0.15) is 13.2 Å². The van der Waals surface area contributed by atoms with Crippen molar-refractivity contribution in [1.82, 2.24) is 0 Å². The third kappa shape index (κ3) is 1.90. The van der Waals surface area contributed by atoms with Gasteiger partial charge in [0.05, 0.1) is 12.7 Å². The minimum absolute atomic E-state index is 0.0878. The molecule has 0 aliphatic heterocycles. The number of benzene rings is 1. The van der Waals surface area contributed by atoms with Crippen LogP contribution in [-0.4, -0.2) is 7.11 Å². The van der Waals surface area contributed by atoms with Crippen LogP contribution in [0.4, 0.5) is 13.2 Å². The summed E-state index contributed by atoms with van der Waals surface area (Å²) in [5.41, 5.74) is -0.818. The van der Waals surface area contributed by atoms with E-state index in [1.165, 1.54) is 19.2 Å². The highest BCUT2D eigenvalue weighted by Crippen LogP contribution is 2.30. The van der Waals surface area contributed by atoms with Crippen LogP contribution in [0.15, 0.2) is 18.2 Å². The minimum Gasteiger partial charge on any atom is -0.496 e. The Bertz CT molecular complexity index is 267. The van der Waals surface area contributed by atoms with Gasteiger partial charge in [0.1, 0.15) is 5.75 Å². The van der Waals surface area contributed by atoms with Crippen molar-refractivity contribution in [1.29, 1.82) is 0 Å². The second-order valence-electron chi connectivity index (χ2n) is 2.13. The zero-order valence-corrected chi connectivity index (χ0v) is 6.27. The van der Waals surface area contributed by atoms with Crippen LogP contribution in [0.5, 0.6) is 5.75 Å². The van der Waals surface area contributed by atoms with Gasteiger partial charge in [-0.15, -0.1) is 0 Å². The van der Waals surface area contributed by atoms with Gasteiger partial charge in [-0.3, -0.25) is 0 Å². The molecule has 1 aromatic carbocycles. The predicted molar refractivity (Wildman–Crippen MR) is 36.8 cm³/mol. The Morgan fingerprint density at radius 2 is 2.00 bits per heavy atom. The summed E-state index contributed by atoms with van der Waals surface area (Å²) in [7, 11) is 1.30. The molecule has 0 spiro atoms. The quantitative estimate of drug-likeness (QED) is 0.637. The largest absolute Gasteiger partial charge is 0.496 e. The second kappa shape index (κ2) is 3.05. The first kappa shape index (κ1) is 8.90. The van der Waals surface area contributed by atoms with Gasteiger partial charge < -0.3 is 4.74 Å². The highest BCUT2D eigenvalue weighted by atomic mass is 19.4. The molecule has 0 aliphatic rings. The van der Waals surface area contributed by atoms with Crippen molar-refractivity contribution in [3.63, 3.8) is 0 Å². The Morgan fingerprint density at radius 3 is 2.50 bits per heavy atom. The maximum absolute atomic E-state index is 12.0. The maximum Gasteiger partial charge on any atom is 0.417 e. The Morgan fingerprint density at radius 1 is 1.33 bits per heavy atom. The van der Waals surface area contributed by atoms with E-state index < -0.39 is 11.7 Å². The molecule has 1 nitrogen and oxygen atoms in total. The summed E-state index contributed by atoms with van der Waals surface area (Å²) >= 11 is 0. The molecule has 0 aromatic heterocycles. The van der Waals surface area contributed by atoms with Gasteiger partial charge in [-0.1, -0.05) is 6.07 Å². The summed E-state index contributed by atoms with van der Waals surface area (Å²) in [6.07, 6.45) is -4.35. The Labute approximate surface area is 67.8 Å². The van der Waals surface area contributed by atoms with E-state index in [9.17, 15) is 13.2 Å². The summed E-state index contributed by atoms with van der Waals surface area (Å²) in [5.74, 6) is 0.0878. The molecule has 0 fully saturated rings. The van der Waals surface area contributed by atoms with Gasteiger partial charge in [0, 0.05) is 6.07 Å². The van der Waals surface area contributed by atoms with Crippen molar-refractivity contribution in [3.8, 4) is 5.75 Å². The van der Waals surface area contributed by atoms with E-state index in [4.69, 9.17) is 0 Å². The van der Waals surface area contributed by atoms with Crippen molar-refractivity contribution in [3.05, 3.63) is 29.8 Å². The lowest BCUT2D eigenvalue weighted by atomic mass is 10.2. The molecule has 0 unspecified atom stereocenters. The third-order valence-corrected chi connectivity index (χ3v) is 1.29. The van der Waals surface area contributed by atoms with Crippen molar-refractivity contribution < 1.29 is 17.9 Å². The molecule has 12 heavy (non-hydrogen) atoms. The fourth-order valence-electron chi connectivity index (χ4n) is 0.732. The van der Waals surface area contributed by atoms with Crippen molar-refractivity contribution in [2.45, 2.75) is 6.18 Å². The van der Waals surface area contributed by atoms with Crippen molar-refractivity contribution in [2.75, 3.05) is 7.11 Å². The van der Waals surface area contributed by atoms with Crippen LogP contribution >= 0.6 is 0 Å². The number of halogens is 3. The zero-order valence-electron chi connectivity index (χ0n) is 6.27. The highest BCUT2D eigenvalue weighted by molar-refractivity contribution is 5.28. The monoisotopic (exact) mass is 175 g/mol. The number of methoxy groups -OCH3 is 1. The predicted octanol–water partition coefficient (Wildman–Crippen LogP) is 2.51. The molecule has 0 atom stereocenters. The summed E-state index contributed by atoms with van der Waals surface area (Å²) in [5, 5.41) is 0. The van der Waals surface area contributed by atoms with E-state index in [2.05, 4.69) is 10.8 Å². The Hall–Kier alpha value is -1.19. The average Bonchev–Trinajstić information content (AvgIpc) is 2.03. The number of rotatable bonds is 1. The number of hydrogen-bond acceptors (Lipinski definition) is 1. The second-order valence-corrected chi connectivity index (χ2v) is 2.13. The molecule has 65 valence electrons. The summed E-state index contributed by atoms with van der Waals surface area (Å²) in [4.78, 5) is 0. The zero-order chi connectivity index (χ0) is 9.19. The van der Waals surface area contributed by atoms with Gasteiger partial charge in [-0.05, 0) is 12.1 Å². The molecule has 1 aromatic rings. The number of alkyl halides is 3. The minimum atomic E-state index is -4.35.